The van der Waals surface area contributed by atoms with Gasteiger partial charge in [0.1, 0.15) is 0 Å². The number of nitrogens with zero attached hydrogens (tertiary/aromatic N) is 1. The number of hydrogen-bond donors (Lipinski definition) is 1. The molecule has 0 aliphatic heterocycles. The lowest BCUT2D eigenvalue weighted by Crippen LogP contribution is -2.36. The number of unbranched alkanes of at least 4 members (excludes halogenated alkanes) is 1. The number of carbonyl (C=O) groups excluding carboxylic acids is 1. The van der Waals surface area contributed by atoms with Gasteiger partial charge in [0, 0.05) is 18.3 Å². The largest absolute Gasteiger partial charge is 0.478 e. The number of nitrogens with one attached hydrogen (secondary N) is 1. The summed E-state index contributed by atoms with van der Waals surface area (Å²) in [7, 11) is 0. The Kier molecular flexibility index (Phi) is 6.33. The van der Waals surface area contributed by atoms with Crippen molar-refractivity contribution in [1.29, 1.82) is 0 Å². The van der Waals surface area contributed by atoms with Gasteiger partial charge in [-0.25, -0.2) is 4.98 Å². The molecule has 1 rings (SSSR count). The number of ether oxygens (including phenoxy) is 1. The molecule has 0 saturated heterocycles. The van der Waals surface area contributed by atoms with E-state index < -0.39 is 0 Å². The highest BCUT2D eigenvalue weighted by Crippen LogP contribution is 2.09. The topological polar surface area (TPSA) is 51.2 Å². The highest BCUT2D eigenvalue weighted by molar-refractivity contribution is 5.94. The van der Waals surface area contributed by atoms with Crippen LogP contribution in [0.2, 0.25) is 0 Å². The second-order valence-corrected chi connectivity index (χ2v) is 5.09. The average Bonchev–Trinajstić information content (AvgIpc) is 2.39. The van der Waals surface area contributed by atoms with Gasteiger partial charge in [-0.3, -0.25) is 4.79 Å². The van der Waals surface area contributed by atoms with Crippen molar-refractivity contribution in [3.63, 3.8) is 0 Å². The minimum absolute atomic E-state index is 0.0891. The van der Waals surface area contributed by atoms with Crippen molar-refractivity contribution in [2.24, 2.45) is 5.92 Å². The lowest BCUT2D eigenvalue weighted by atomic mass is 10.1. The Hall–Kier alpha value is -1.58. The van der Waals surface area contributed by atoms with E-state index in [0.29, 0.717) is 24.0 Å². The molecule has 106 valence electrons. The highest BCUT2D eigenvalue weighted by atomic mass is 16.5. The Labute approximate surface area is 115 Å². The summed E-state index contributed by atoms with van der Waals surface area (Å²) in [6, 6.07) is 3.63. The number of hydrogen-bond acceptors (Lipinski definition) is 3. The molecule has 0 radical (unpaired) electrons. The lowest BCUT2D eigenvalue weighted by Gasteiger charge is -2.17. The molecule has 4 heteroatoms. The molecule has 1 atom stereocenters. The molecule has 1 heterocycles. The van der Waals surface area contributed by atoms with Crippen LogP contribution in [0, 0.1) is 5.92 Å². The van der Waals surface area contributed by atoms with Crippen LogP contribution in [-0.4, -0.2) is 23.5 Å². The van der Waals surface area contributed by atoms with Crippen molar-refractivity contribution in [3.8, 4) is 5.88 Å². The summed E-state index contributed by atoms with van der Waals surface area (Å²) in [5.41, 5.74) is 0.565. The molecule has 0 aliphatic rings. The summed E-state index contributed by atoms with van der Waals surface area (Å²) in [6.07, 6.45) is 3.66. The Morgan fingerprint density at radius 3 is 2.63 bits per heavy atom. The third-order valence-corrected chi connectivity index (χ3v) is 3.11. The third kappa shape index (κ3) is 5.28. The molecular formula is C15H24N2O2. The van der Waals surface area contributed by atoms with Crippen molar-refractivity contribution in [2.75, 3.05) is 6.61 Å². The zero-order valence-corrected chi connectivity index (χ0v) is 12.3. The summed E-state index contributed by atoms with van der Waals surface area (Å²) in [5, 5.41) is 2.95. The van der Waals surface area contributed by atoms with Crippen molar-refractivity contribution in [2.45, 2.75) is 46.6 Å². The molecule has 1 aromatic heterocycles. The van der Waals surface area contributed by atoms with Crippen LogP contribution in [0.25, 0.3) is 0 Å². The summed E-state index contributed by atoms with van der Waals surface area (Å²) in [5.74, 6) is 0.893. The maximum Gasteiger partial charge on any atom is 0.253 e. The maximum atomic E-state index is 11.9. The first kappa shape index (κ1) is 15.5. The van der Waals surface area contributed by atoms with Crippen LogP contribution in [-0.2, 0) is 0 Å². The van der Waals surface area contributed by atoms with Crippen LogP contribution >= 0.6 is 0 Å². The van der Waals surface area contributed by atoms with E-state index in [0.717, 1.165) is 12.8 Å². The Morgan fingerprint density at radius 2 is 2.11 bits per heavy atom. The first-order chi connectivity index (χ1) is 9.04. The fourth-order valence-electron chi connectivity index (χ4n) is 1.38. The van der Waals surface area contributed by atoms with E-state index in [1.807, 2.05) is 6.92 Å². The van der Waals surface area contributed by atoms with Crippen LogP contribution in [0.5, 0.6) is 5.88 Å². The van der Waals surface area contributed by atoms with Crippen LogP contribution in [0.3, 0.4) is 0 Å². The summed E-state index contributed by atoms with van der Waals surface area (Å²) in [6.45, 7) is 8.93. The van der Waals surface area contributed by atoms with Crippen molar-refractivity contribution < 1.29 is 9.53 Å². The third-order valence-electron chi connectivity index (χ3n) is 3.11. The van der Waals surface area contributed by atoms with Crippen LogP contribution < -0.4 is 10.1 Å². The van der Waals surface area contributed by atoms with Gasteiger partial charge in [0.25, 0.3) is 5.91 Å². The predicted octanol–water partition coefficient (Wildman–Crippen LogP) is 3.03. The summed E-state index contributed by atoms with van der Waals surface area (Å²) in [4.78, 5) is 16.1. The van der Waals surface area contributed by atoms with Gasteiger partial charge >= 0.3 is 0 Å². The molecule has 19 heavy (non-hydrogen) atoms. The van der Waals surface area contributed by atoms with E-state index in [-0.39, 0.29) is 11.9 Å². The van der Waals surface area contributed by atoms with E-state index in [4.69, 9.17) is 4.74 Å². The molecule has 1 aromatic rings. The standard InChI is InChI=1S/C15H24N2O2/c1-5-6-9-19-14-8-7-13(10-16-14)15(18)17-12(4)11(2)3/h7-8,10-12H,5-6,9H2,1-4H3,(H,17,18)/t12-/m1/s1. The number of rotatable bonds is 7. The van der Waals surface area contributed by atoms with Crippen molar-refractivity contribution in [1.82, 2.24) is 10.3 Å². The molecule has 1 N–H and O–H groups in total. The molecular weight excluding hydrogens is 240 g/mol. The molecule has 0 bridgehead atoms. The minimum atomic E-state index is -0.0891. The van der Waals surface area contributed by atoms with Gasteiger partial charge in [0.2, 0.25) is 5.88 Å². The number of amides is 1. The zero-order valence-electron chi connectivity index (χ0n) is 12.3. The number of carbonyl (C=O) groups is 1. The number of aromatic nitrogens is 1. The first-order valence-electron chi connectivity index (χ1n) is 6.94. The second kappa shape index (κ2) is 7.77. The minimum Gasteiger partial charge on any atom is -0.478 e. The monoisotopic (exact) mass is 264 g/mol. The SMILES string of the molecule is CCCCOc1ccc(C(=O)N[C@H](C)C(C)C)cn1. The van der Waals surface area contributed by atoms with Gasteiger partial charge in [-0.05, 0) is 25.3 Å². The van der Waals surface area contributed by atoms with Gasteiger partial charge in [-0.1, -0.05) is 27.2 Å². The fraction of sp³-hybridized carbons (Fsp3) is 0.600. The number of pyridine rings is 1. The second-order valence-electron chi connectivity index (χ2n) is 5.09. The Morgan fingerprint density at radius 1 is 1.37 bits per heavy atom. The predicted molar refractivity (Wildman–Crippen MR) is 76.4 cm³/mol. The van der Waals surface area contributed by atoms with Crippen LogP contribution in [0.1, 0.15) is 50.9 Å². The molecule has 0 fully saturated rings. The molecule has 0 aromatic carbocycles. The molecule has 0 spiro atoms. The van der Waals surface area contributed by atoms with Gasteiger partial charge in [0.05, 0.1) is 12.2 Å². The van der Waals surface area contributed by atoms with E-state index in [2.05, 4.69) is 31.1 Å². The van der Waals surface area contributed by atoms with Crippen LogP contribution in [0.15, 0.2) is 18.3 Å². The molecule has 0 unspecified atom stereocenters. The van der Waals surface area contributed by atoms with Gasteiger partial charge in [-0.15, -0.1) is 0 Å². The van der Waals surface area contributed by atoms with Crippen LogP contribution in [0.4, 0.5) is 0 Å². The first-order valence-corrected chi connectivity index (χ1v) is 6.94. The molecule has 1 amide bonds. The molecule has 0 aliphatic carbocycles. The van der Waals surface area contributed by atoms with E-state index in [1.165, 1.54) is 0 Å². The normalized spacial score (nSPS) is 12.3. The summed E-state index contributed by atoms with van der Waals surface area (Å²) < 4.78 is 5.46. The van der Waals surface area contributed by atoms with Gasteiger partial charge < -0.3 is 10.1 Å². The van der Waals surface area contributed by atoms with E-state index in [1.54, 1.807) is 18.3 Å². The highest BCUT2D eigenvalue weighted by Gasteiger charge is 2.12. The smallest absolute Gasteiger partial charge is 0.253 e. The Balaban J connectivity index is 2.53. The van der Waals surface area contributed by atoms with Crippen molar-refractivity contribution in [3.05, 3.63) is 23.9 Å². The summed E-state index contributed by atoms with van der Waals surface area (Å²) >= 11 is 0. The van der Waals surface area contributed by atoms with E-state index in [9.17, 15) is 4.79 Å². The fourth-order valence-corrected chi connectivity index (χ4v) is 1.38. The molecule has 0 saturated carbocycles. The average molecular weight is 264 g/mol. The Bertz CT molecular complexity index is 388. The lowest BCUT2D eigenvalue weighted by molar-refractivity contribution is 0.0930. The van der Waals surface area contributed by atoms with Crippen molar-refractivity contribution >= 4 is 5.91 Å². The van der Waals surface area contributed by atoms with Gasteiger partial charge in [-0.2, -0.15) is 0 Å². The zero-order chi connectivity index (χ0) is 14.3. The quantitative estimate of drug-likeness (QED) is 0.770. The van der Waals surface area contributed by atoms with Gasteiger partial charge in [0.15, 0.2) is 0 Å². The van der Waals surface area contributed by atoms with E-state index >= 15 is 0 Å². The maximum absolute atomic E-state index is 11.9. The molecule has 4 nitrogen and oxygen atoms in total.